The molecule has 4 rings (SSSR count). The lowest BCUT2D eigenvalue weighted by atomic mass is 9.67. The zero-order valence-corrected chi connectivity index (χ0v) is 18.6. The summed E-state index contributed by atoms with van der Waals surface area (Å²) in [4.78, 5) is 37.6. The minimum atomic E-state index is -4.47. The van der Waals surface area contributed by atoms with E-state index >= 15 is 0 Å². The van der Waals surface area contributed by atoms with Gasteiger partial charge >= 0.3 is 12.1 Å². The van der Waals surface area contributed by atoms with Crippen molar-refractivity contribution in [1.29, 1.82) is 0 Å². The van der Waals surface area contributed by atoms with Crippen molar-refractivity contribution in [2.24, 2.45) is 17.8 Å². The van der Waals surface area contributed by atoms with E-state index in [-0.39, 0.29) is 23.5 Å². The predicted molar refractivity (Wildman–Crippen MR) is 114 cm³/mol. The van der Waals surface area contributed by atoms with Gasteiger partial charge in [-0.25, -0.2) is 0 Å². The predicted octanol–water partition coefficient (Wildman–Crippen LogP) is 5.23. The highest BCUT2D eigenvalue weighted by atomic mass is 19.4. The molecule has 5 nitrogen and oxygen atoms in total. The molecule has 1 aromatic carbocycles. The number of aromatic nitrogens is 1. The molecule has 1 aromatic heterocycles. The average Bonchev–Trinajstić information content (AvgIpc) is 3.05. The molecule has 176 valence electrons. The van der Waals surface area contributed by atoms with Gasteiger partial charge in [-0.2, -0.15) is 13.2 Å². The maximum atomic E-state index is 13.1. The summed E-state index contributed by atoms with van der Waals surface area (Å²) in [5, 5.41) is 0. The molecule has 2 unspecified atom stereocenters. The number of hydrogen-bond donors (Lipinski definition) is 0. The molecule has 0 saturated heterocycles. The number of nitrogens with zero attached hydrogens (tertiary/aromatic N) is 1. The lowest BCUT2D eigenvalue weighted by Gasteiger charge is -2.36. The van der Waals surface area contributed by atoms with Crippen molar-refractivity contribution in [3.63, 3.8) is 0 Å². The Kier molecular flexibility index (Phi) is 6.20. The Morgan fingerprint density at radius 2 is 1.76 bits per heavy atom. The van der Waals surface area contributed by atoms with Crippen LogP contribution < -0.4 is 0 Å². The monoisotopic (exact) mass is 461 g/mol. The van der Waals surface area contributed by atoms with Crippen LogP contribution in [0, 0.1) is 31.6 Å². The lowest BCUT2D eigenvalue weighted by Crippen LogP contribution is -2.39. The van der Waals surface area contributed by atoms with Crippen LogP contribution in [0.15, 0.2) is 30.3 Å². The van der Waals surface area contributed by atoms with Gasteiger partial charge in [0.1, 0.15) is 5.78 Å². The zero-order valence-electron chi connectivity index (χ0n) is 18.6. The molecule has 0 aliphatic heterocycles. The summed E-state index contributed by atoms with van der Waals surface area (Å²) in [7, 11) is 0. The summed E-state index contributed by atoms with van der Waals surface area (Å²) in [6.45, 7) is 2.91. The minimum Gasteiger partial charge on any atom is -0.457 e. The minimum absolute atomic E-state index is 0.0860. The summed E-state index contributed by atoms with van der Waals surface area (Å²) in [5.41, 5.74) is 0.901. The zero-order chi connectivity index (χ0) is 23.9. The number of carbonyl (C=O) groups is 3. The number of alkyl halides is 3. The van der Waals surface area contributed by atoms with E-state index < -0.39 is 30.1 Å². The molecule has 2 aliphatic carbocycles. The van der Waals surface area contributed by atoms with Crippen molar-refractivity contribution in [3.8, 4) is 5.69 Å². The molecule has 0 radical (unpaired) electrons. The summed E-state index contributed by atoms with van der Waals surface area (Å²) in [5.74, 6) is -1.16. The number of hydrogen-bond acceptors (Lipinski definition) is 4. The van der Waals surface area contributed by atoms with Crippen LogP contribution in [0.5, 0.6) is 0 Å². The Bertz CT molecular complexity index is 1090. The summed E-state index contributed by atoms with van der Waals surface area (Å²) in [6.07, 6.45) is -0.902. The Hall–Kier alpha value is -2.90. The molecule has 8 heteroatoms. The number of Topliss-reactive ketones (excluding diaryl/α,β-unsaturated/α-hetero) is 2. The third kappa shape index (κ3) is 4.61. The largest absolute Gasteiger partial charge is 0.457 e. The Balaban J connectivity index is 1.46. The van der Waals surface area contributed by atoms with Gasteiger partial charge in [-0.05, 0) is 63.8 Å². The molecular weight excluding hydrogens is 435 g/mol. The third-order valence-electron chi connectivity index (χ3n) is 6.89. The van der Waals surface area contributed by atoms with E-state index in [2.05, 4.69) is 0 Å². The fourth-order valence-electron chi connectivity index (χ4n) is 5.27. The number of benzene rings is 1. The number of ether oxygens (including phenoxy) is 1. The number of carbonyl (C=O) groups excluding carboxylic acids is 3. The molecule has 2 aromatic rings. The van der Waals surface area contributed by atoms with Crippen molar-refractivity contribution in [2.45, 2.75) is 52.1 Å². The van der Waals surface area contributed by atoms with Crippen molar-refractivity contribution >= 4 is 17.5 Å². The van der Waals surface area contributed by atoms with Crippen LogP contribution in [0.1, 0.15) is 59.4 Å². The number of aryl methyl sites for hydroxylation is 1. The van der Waals surface area contributed by atoms with Gasteiger partial charge in [-0.15, -0.1) is 0 Å². The van der Waals surface area contributed by atoms with Crippen LogP contribution in [-0.2, 0) is 20.5 Å². The number of ketones is 2. The van der Waals surface area contributed by atoms with Gasteiger partial charge in [0.2, 0.25) is 5.78 Å². The Morgan fingerprint density at radius 1 is 1.09 bits per heavy atom. The highest BCUT2D eigenvalue weighted by Gasteiger charge is 2.42. The van der Waals surface area contributed by atoms with Crippen molar-refractivity contribution < 1.29 is 32.3 Å². The molecule has 33 heavy (non-hydrogen) atoms. The molecule has 1 heterocycles. The van der Waals surface area contributed by atoms with Crippen LogP contribution in [0.25, 0.3) is 5.69 Å². The van der Waals surface area contributed by atoms with E-state index in [1.165, 1.54) is 6.07 Å². The highest BCUT2D eigenvalue weighted by molar-refractivity contribution is 5.99. The van der Waals surface area contributed by atoms with E-state index in [0.29, 0.717) is 35.5 Å². The van der Waals surface area contributed by atoms with E-state index in [4.69, 9.17) is 4.74 Å². The van der Waals surface area contributed by atoms with Gasteiger partial charge in [0, 0.05) is 34.5 Å². The van der Waals surface area contributed by atoms with Gasteiger partial charge in [0.25, 0.3) is 0 Å². The van der Waals surface area contributed by atoms with Crippen molar-refractivity contribution in [1.82, 2.24) is 4.57 Å². The van der Waals surface area contributed by atoms with E-state index in [0.717, 1.165) is 31.4 Å². The van der Waals surface area contributed by atoms with Gasteiger partial charge in [-0.1, -0.05) is 12.5 Å². The number of fused-ring (bicyclic) bond motifs is 2. The second-order valence-corrected chi connectivity index (χ2v) is 9.09. The molecule has 2 fully saturated rings. The molecule has 2 aliphatic rings. The van der Waals surface area contributed by atoms with Crippen LogP contribution in [-0.4, -0.2) is 28.7 Å². The van der Waals surface area contributed by atoms with E-state index in [9.17, 15) is 27.6 Å². The Labute approximate surface area is 189 Å². The standard InChI is InChI=1S/C25H26F3NO4/c1-14-9-21(15(2)29(14)20-8-4-7-19(12-20)25(26,27)28)22(30)13-33-24(32)18-10-16-5-3-6-17(11-18)23(16)31/h4,7-9,12,16-18H,3,5-6,10-11,13H2,1-2H3. The summed E-state index contributed by atoms with van der Waals surface area (Å²) >= 11 is 0. The fraction of sp³-hybridized carbons (Fsp3) is 0.480. The summed E-state index contributed by atoms with van der Waals surface area (Å²) < 4.78 is 46.2. The molecule has 2 saturated carbocycles. The third-order valence-corrected chi connectivity index (χ3v) is 6.89. The number of esters is 1. The van der Waals surface area contributed by atoms with Crippen LogP contribution in [0.4, 0.5) is 13.2 Å². The van der Waals surface area contributed by atoms with E-state index in [1.54, 1.807) is 30.5 Å². The first kappa shape index (κ1) is 23.3. The summed E-state index contributed by atoms with van der Waals surface area (Å²) in [6, 6.07) is 6.50. The van der Waals surface area contributed by atoms with Gasteiger partial charge in [-0.3, -0.25) is 14.4 Å². The number of rotatable bonds is 5. The second kappa shape index (κ2) is 8.80. The van der Waals surface area contributed by atoms with Gasteiger partial charge in [0.05, 0.1) is 11.5 Å². The molecule has 0 N–H and O–H groups in total. The molecule has 2 bridgehead atoms. The molecule has 0 amide bonds. The fourth-order valence-corrected chi connectivity index (χ4v) is 5.27. The highest BCUT2D eigenvalue weighted by Crippen LogP contribution is 2.40. The average molecular weight is 461 g/mol. The first-order valence-electron chi connectivity index (χ1n) is 11.2. The van der Waals surface area contributed by atoms with Gasteiger partial charge in [0.15, 0.2) is 6.61 Å². The molecule has 0 spiro atoms. The number of halogens is 3. The SMILES string of the molecule is Cc1cc(C(=O)COC(=O)C2CC3CCCC(C2)C3=O)c(C)n1-c1cccc(C(F)(F)F)c1. The first-order valence-corrected chi connectivity index (χ1v) is 11.2. The molecule has 2 atom stereocenters. The second-order valence-electron chi connectivity index (χ2n) is 9.09. The lowest BCUT2D eigenvalue weighted by molar-refractivity contribution is -0.152. The van der Waals surface area contributed by atoms with Crippen molar-refractivity contribution in [2.75, 3.05) is 6.61 Å². The smallest absolute Gasteiger partial charge is 0.416 e. The van der Waals surface area contributed by atoms with E-state index in [1.807, 2.05) is 0 Å². The van der Waals surface area contributed by atoms with Crippen LogP contribution in [0.2, 0.25) is 0 Å². The maximum absolute atomic E-state index is 13.1. The topological polar surface area (TPSA) is 65.4 Å². The Morgan fingerprint density at radius 3 is 2.39 bits per heavy atom. The quantitative estimate of drug-likeness (QED) is 0.452. The van der Waals surface area contributed by atoms with Crippen molar-refractivity contribution in [3.05, 3.63) is 52.8 Å². The van der Waals surface area contributed by atoms with Crippen LogP contribution in [0.3, 0.4) is 0 Å². The van der Waals surface area contributed by atoms with Crippen LogP contribution >= 0.6 is 0 Å². The normalized spacial score (nSPS) is 22.8. The van der Waals surface area contributed by atoms with Gasteiger partial charge < -0.3 is 9.30 Å². The first-order chi connectivity index (χ1) is 15.6. The maximum Gasteiger partial charge on any atom is 0.416 e. The molecular formula is C25H26F3NO4.